The van der Waals surface area contributed by atoms with E-state index >= 15 is 0 Å². The molecule has 8 rings (SSSR count). The second-order valence-electron chi connectivity index (χ2n) is 12.9. The summed E-state index contributed by atoms with van der Waals surface area (Å²) in [5.41, 5.74) is 3.41. The van der Waals surface area contributed by atoms with Crippen molar-refractivity contribution in [1.29, 1.82) is 0 Å². The highest BCUT2D eigenvalue weighted by Gasteiger charge is 2.22. The van der Waals surface area contributed by atoms with E-state index in [1.807, 2.05) is 115 Å². The molecule has 0 aliphatic carbocycles. The van der Waals surface area contributed by atoms with Crippen LogP contribution in [0.1, 0.15) is 47.8 Å². The van der Waals surface area contributed by atoms with Crippen LogP contribution in [0.4, 0.5) is 0 Å². The maximum absolute atomic E-state index is 13.6. The van der Waals surface area contributed by atoms with Crippen LogP contribution in [-0.2, 0) is 34.0 Å². The molecule has 0 spiro atoms. The fourth-order valence-corrected chi connectivity index (χ4v) is 7.19. The highest BCUT2D eigenvalue weighted by molar-refractivity contribution is 14.1. The van der Waals surface area contributed by atoms with Gasteiger partial charge in [-0.15, -0.1) is 0 Å². The van der Waals surface area contributed by atoms with E-state index in [0.717, 1.165) is 63.4 Å². The van der Waals surface area contributed by atoms with E-state index in [-0.39, 0.29) is 36.9 Å². The van der Waals surface area contributed by atoms with Gasteiger partial charge in [0.2, 0.25) is 0 Å². The minimum Gasteiger partial charge on any atom is -0.457 e. The Morgan fingerprint density at radius 3 is 0.962 bits per heavy atom. The molecule has 6 nitrogen and oxygen atoms in total. The standard InChI is InChI=1S/C46H31IO6/c47-43-25-39-21-35-17-33-19-37-23-41(45(49)52-27-30-12-6-2-7-13-30)40(44(48)51-26-29-10-4-1-5-11-29)22-36(37)18-32(33)16-34(35)20-38(39)24-42(43)46(50)53-28-31-14-8-3-9-15-31/h1-25H,26-28H2. The SMILES string of the molecule is O=C(OCc1ccccc1)c1cc2cc3cc4cc5cc(C(=O)OCc6ccccc6)c(C(=O)OCc6ccccc6)cc5cc4cc3cc2cc1I. The maximum atomic E-state index is 13.6. The minimum absolute atomic E-state index is 0.0688. The molecular weight excluding hydrogens is 775 g/mol. The van der Waals surface area contributed by atoms with E-state index < -0.39 is 11.9 Å². The van der Waals surface area contributed by atoms with E-state index in [0.29, 0.717) is 5.56 Å². The molecule has 0 bridgehead atoms. The first-order chi connectivity index (χ1) is 25.9. The third kappa shape index (κ3) is 7.47. The molecule has 258 valence electrons. The predicted octanol–water partition coefficient (Wildman–Crippen LogP) is 11.0. The third-order valence-corrected chi connectivity index (χ3v) is 10.1. The lowest BCUT2D eigenvalue weighted by molar-refractivity contribution is 0.0425. The van der Waals surface area contributed by atoms with Crippen LogP contribution < -0.4 is 0 Å². The molecular formula is C46H31IO6. The van der Waals surface area contributed by atoms with Crippen LogP contribution in [0.2, 0.25) is 0 Å². The molecule has 0 aliphatic rings. The number of benzene rings is 8. The largest absolute Gasteiger partial charge is 0.457 e. The van der Waals surface area contributed by atoms with E-state index in [1.165, 1.54) is 0 Å². The molecule has 7 heteroatoms. The molecule has 0 aliphatic heterocycles. The topological polar surface area (TPSA) is 78.9 Å². The van der Waals surface area contributed by atoms with Crippen molar-refractivity contribution in [2.24, 2.45) is 0 Å². The van der Waals surface area contributed by atoms with E-state index in [2.05, 4.69) is 46.9 Å². The van der Waals surface area contributed by atoms with Gasteiger partial charge >= 0.3 is 17.9 Å². The highest BCUT2D eigenvalue weighted by Crippen LogP contribution is 2.33. The summed E-state index contributed by atoms with van der Waals surface area (Å²) < 4.78 is 17.8. The quantitative estimate of drug-likeness (QED) is 0.0626. The number of esters is 3. The fraction of sp³-hybridized carbons (Fsp3) is 0.0652. The summed E-state index contributed by atoms with van der Waals surface area (Å²) in [5.74, 6) is -1.59. The number of carbonyl (C=O) groups excluding carboxylic acids is 3. The molecule has 0 saturated heterocycles. The summed E-state index contributed by atoms with van der Waals surface area (Å²) in [6.07, 6.45) is 0. The van der Waals surface area contributed by atoms with Crippen LogP contribution in [0.15, 0.2) is 152 Å². The molecule has 0 amide bonds. The van der Waals surface area contributed by atoms with Crippen LogP contribution in [0.3, 0.4) is 0 Å². The van der Waals surface area contributed by atoms with Crippen molar-refractivity contribution in [3.63, 3.8) is 0 Å². The second kappa shape index (κ2) is 14.9. The summed E-state index contributed by atoms with van der Waals surface area (Å²) in [6.45, 7) is 0.344. The molecule has 0 atom stereocenters. The summed E-state index contributed by atoms with van der Waals surface area (Å²) in [6, 6.07) is 48.2. The maximum Gasteiger partial charge on any atom is 0.339 e. The molecule has 8 aromatic carbocycles. The van der Waals surface area contributed by atoms with Crippen molar-refractivity contribution >= 4 is 83.6 Å². The number of ether oxygens (including phenoxy) is 3. The van der Waals surface area contributed by atoms with E-state index in [4.69, 9.17) is 14.2 Å². The Balaban J connectivity index is 1.15. The molecule has 0 saturated carbocycles. The van der Waals surface area contributed by atoms with Gasteiger partial charge in [0, 0.05) is 3.57 Å². The zero-order valence-electron chi connectivity index (χ0n) is 28.4. The summed E-state index contributed by atoms with van der Waals surface area (Å²) in [5, 5.41) is 7.46. The van der Waals surface area contributed by atoms with Crippen molar-refractivity contribution in [2.45, 2.75) is 19.8 Å². The molecule has 0 aromatic heterocycles. The van der Waals surface area contributed by atoms with Gasteiger partial charge < -0.3 is 14.2 Å². The Bertz CT molecular complexity index is 2670. The van der Waals surface area contributed by atoms with Crippen molar-refractivity contribution in [2.75, 3.05) is 0 Å². The van der Waals surface area contributed by atoms with Gasteiger partial charge in [-0.25, -0.2) is 14.4 Å². The fourth-order valence-electron chi connectivity index (χ4n) is 6.47. The lowest BCUT2D eigenvalue weighted by Crippen LogP contribution is -2.14. The Kier molecular flexibility index (Phi) is 9.57. The number of hydrogen-bond donors (Lipinski definition) is 0. The van der Waals surface area contributed by atoms with Gasteiger partial charge in [0.15, 0.2) is 0 Å². The van der Waals surface area contributed by atoms with Crippen molar-refractivity contribution in [1.82, 2.24) is 0 Å². The second-order valence-corrected chi connectivity index (χ2v) is 14.0. The van der Waals surface area contributed by atoms with Gasteiger partial charge in [0.1, 0.15) is 19.8 Å². The highest BCUT2D eigenvalue weighted by atomic mass is 127. The van der Waals surface area contributed by atoms with Crippen LogP contribution in [0, 0.1) is 3.57 Å². The van der Waals surface area contributed by atoms with Crippen molar-refractivity contribution in [3.05, 3.63) is 189 Å². The van der Waals surface area contributed by atoms with Crippen molar-refractivity contribution in [3.8, 4) is 0 Å². The first kappa shape index (κ1) is 34.0. The molecule has 53 heavy (non-hydrogen) atoms. The van der Waals surface area contributed by atoms with Gasteiger partial charge in [-0.2, -0.15) is 0 Å². The molecule has 0 fully saturated rings. The number of hydrogen-bond acceptors (Lipinski definition) is 6. The molecule has 0 N–H and O–H groups in total. The monoisotopic (exact) mass is 806 g/mol. The van der Waals surface area contributed by atoms with Crippen LogP contribution in [0.25, 0.3) is 43.1 Å². The Morgan fingerprint density at radius 1 is 0.358 bits per heavy atom. The smallest absolute Gasteiger partial charge is 0.339 e. The third-order valence-electron chi connectivity index (χ3n) is 9.23. The molecule has 0 radical (unpaired) electrons. The van der Waals surface area contributed by atoms with Crippen LogP contribution in [0.5, 0.6) is 0 Å². The van der Waals surface area contributed by atoms with Gasteiger partial charge in [0.25, 0.3) is 0 Å². The number of fused-ring (bicyclic) bond motifs is 4. The average Bonchev–Trinajstić information content (AvgIpc) is 3.19. The first-order valence-corrected chi connectivity index (χ1v) is 18.2. The zero-order chi connectivity index (χ0) is 36.3. The molecule has 0 unspecified atom stereocenters. The van der Waals surface area contributed by atoms with Gasteiger partial charge in [-0.3, -0.25) is 0 Å². The summed E-state index contributed by atoms with van der Waals surface area (Å²) >= 11 is 2.19. The molecule has 8 aromatic rings. The summed E-state index contributed by atoms with van der Waals surface area (Å²) in [4.78, 5) is 40.2. The number of carbonyl (C=O) groups is 3. The number of rotatable bonds is 9. The Hall–Kier alpha value is -6.06. The lowest BCUT2D eigenvalue weighted by atomic mass is 9.95. The van der Waals surface area contributed by atoms with Crippen molar-refractivity contribution < 1.29 is 28.6 Å². The predicted molar refractivity (Wildman–Crippen MR) is 216 cm³/mol. The van der Waals surface area contributed by atoms with Gasteiger partial charge in [-0.1, -0.05) is 91.0 Å². The van der Waals surface area contributed by atoms with Crippen LogP contribution in [-0.4, -0.2) is 17.9 Å². The summed E-state index contributed by atoms with van der Waals surface area (Å²) in [7, 11) is 0. The van der Waals surface area contributed by atoms with Gasteiger partial charge in [0.05, 0.1) is 16.7 Å². The Labute approximate surface area is 319 Å². The lowest BCUT2D eigenvalue weighted by Gasteiger charge is -2.13. The normalized spacial score (nSPS) is 11.2. The zero-order valence-corrected chi connectivity index (χ0v) is 30.5. The van der Waals surface area contributed by atoms with E-state index in [1.54, 1.807) is 12.1 Å². The average molecular weight is 807 g/mol. The Morgan fingerprint density at radius 2 is 0.623 bits per heavy atom. The minimum atomic E-state index is -0.611. The number of halogens is 1. The molecule has 0 heterocycles. The van der Waals surface area contributed by atoms with E-state index in [9.17, 15) is 14.4 Å². The first-order valence-electron chi connectivity index (χ1n) is 17.1. The van der Waals surface area contributed by atoms with Crippen LogP contribution >= 0.6 is 22.6 Å². The van der Waals surface area contributed by atoms with Gasteiger partial charge in [-0.05, 0) is 143 Å².